The number of carbonyl (C=O) groups excluding carboxylic acids is 3. The molecule has 0 aliphatic heterocycles. The van der Waals surface area contributed by atoms with E-state index in [4.69, 9.17) is 14.2 Å². The van der Waals surface area contributed by atoms with Gasteiger partial charge in [0, 0.05) is 19.3 Å². The van der Waals surface area contributed by atoms with Crippen LogP contribution < -0.4 is 0 Å². The van der Waals surface area contributed by atoms with Gasteiger partial charge in [-0.05, 0) is 89.9 Å². The molecule has 0 spiro atoms. The minimum absolute atomic E-state index is 0.0795. The molecule has 0 N–H and O–H groups in total. The minimum atomic E-state index is -0.778. The molecule has 0 aromatic heterocycles. The molecule has 0 amide bonds. The van der Waals surface area contributed by atoms with E-state index in [1.165, 1.54) is 128 Å². The van der Waals surface area contributed by atoms with Crippen molar-refractivity contribution in [1.29, 1.82) is 0 Å². The third-order valence-electron chi connectivity index (χ3n) is 12.2. The highest BCUT2D eigenvalue weighted by Crippen LogP contribution is 2.16. The molecule has 0 saturated heterocycles. The van der Waals surface area contributed by atoms with Crippen molar-refractivity contribution < 1.29 is 28.6 Å². The van der Waals surface area contributed by atoms with Gasteiger partial charge >= 0.3 is 17.9 Å². The molecule has 6 nitrogen and oxygen atoms in total. The second-order valence-corrected chi connectivity index (χ2v) is 18.8. The first kappa shape index (κ1) is 63.8. The first-order chi connectivity index (χ1) is 33.0. The van der Waals surface area contributed by atoms with E-state index in [2.05, 4.69) is 93.7 Å². The van der Waals surface area contributed by atoms with Gasteiger partial charge in [0.15, 0.2) is 6.10 Å². The summed E-state index contributed by atoms with van der Waals surface area (Å²) in [7, 11) is 0. The van der Waals surface area contributed by atoms with Gasteiger partial charge in [0.05, 0.1) is 0 Å². The van der Waals surface area contributed by atoms with Gasteiger partial charge in [0.2, 0.25) is 0 Å². The lowest BCUT2D eigenvalue weighted by Gasteiger charge is -2.18. The smallest absolute Gasteiger partial charge is 0.306 e. The van der Waals surface area contributed by atoms with Gasteiger partial charge in [0.1, 0.15) is 13.2 Å². The normalized spacial score (nSPS) is 12.6. The Balaban J connectivity index is 4.10. The molecule has 0 aliphatic carbocycles. The molecule has 0 bridgehead atoms. The van der Waals surface area contributed by atoms with E-state index in [-0.39, 0.29) is 31.1 Å². The second kappa shape index (κ2) is 55.4. The maximum absolute atomic E-state index is 12.8. The molecule has 0 radical (unpaired) electrons. The van der Waals surface area contributed by atoms with Crippen LogP contribution in [0.25, 0.3) is 0 Å². The Morgan fingerprint density at radius 3 is 0.925 bits per heavy atom. The molecule has 386 valence electrons. The Hall–Kier alpha value is -3.15. The molecule has 67 heavy (non-hydrogen) atoms. The van der Waals surface area contributed by atoms with Gasteiger partial charge in [-0.1, -0.05) is 241 Å². The summed E-state index contributed by atoms with van der Waals surface area (Å²) in [5.74, 6) is -0.897. The van der Waals surface area contributed by atoms with Crippen molar-refractivity contribution in [3.8, 4) is 0 Å². The van der Waals surface area contributed by atoms with Crippen molar-refractivity contribution in [2.45, 2.75) is 284 Å². The summed E-state index contributed by atoms with van der Waals surface area (Å²) in [6.07, 6.45) is 70.7. The van der Waals surface area contributed by atoms with E-state index in [0.717, 1.165) is 109 Å². The SMILES string of the molecule is CC/C=C\C/C=C\C/C=C\C/C=C\CCCCCCCCCCCCCCCCC(=O)OCC(COC(=O)CCCCCCCC)OC(=O)CCCCCCC/C=C\C/C=C\CCCCCC. The predicted molar refractivity (Wildman–Crippen MR) is 288 cm³/mol. The average molecular weight is 936 g/mol. The lowest BCUT2D eigenvalue weighted by Crippen LogP contribution is -2.30. The van der Waals surface area contributed by atoms with Gasteiger partial charge in [-0.25, -0.2) is 0 Å². The second-order valence-electron chi connectivity index (χ2n) is 18.8. The quantitative estimate of drug-likeness (QED) is 0.0262. The van der Waals surface area contributed by atoms with Crippen LogP contribution in [0.3, 0.4) is 0 Å². The minimum Gasteiger partial charge on any atom is -0.462 e. The van der Waals surface area contributed by atoms with Crippen LogP contribution in [0.4, 0.5) is 0 Å². The van der Waals surface area contributed by atoms with Gasteiger partial charge in [-0.3, -0.25) is 14.4 Å². The van der Waals surface area contributed by atoms with Crippen molar-refractivity contribution >= 4 is 17.9 Å². The molecule has 0 saturated carbocycles. The molecule has 0 rings (SSSR count). The molecular weight excluding hydrogens is 829 g/mol. The Bertz CT molecular complexity index is 1260. The van der Waals surface area contributed by atoms with Crippen molar-refractivity contribution in [1.82, 2.24) is 0 Å². The monoisotopic (exact) mass is 935 g/mol. The summed E-state index contributed by atoms with van der Waals surface area (Å²) < 4.78 is 16.7. The number of esters is 3. The molecule has 0 fully saturated rings. The zero-order chi connectivity index (χ0) is 48.6. The maximum Gasteiger partial charge on any atom is 0.306 e. The van der Waals surface area contributed by atoms with Gasteiger partial charge in [-0.2, -0.15) is 0 Å². The fourth-order valence-electron chi connectivity index (χ4n) is 7.93. The van der Waals surface area contributed by atoms with E-state index in [1.807, 2.05) is 0 Å². The van der Waals surface area contributed by atoms with Crippen LogP contribution in [0.2, 0.25) is 0 Å². The van der Waals surface area contributed by atoms with Crippen LogP contribution in [0.1, 0.15) is 278 Å². The van der Waals surface area contributed by atoms with Crippen LogP contribution in [-0.4, -0.2) is 37.2 Å². The molecule has 0 aromatic rings. The Morgan fingerprint density at radius 2 is 0.582 bits per heavy atom. The molecule has 1 atom stereocenters. The summed E-state index contributed by atoms with van der Waals surface area (Å²) in [4.78, 5) is 37.8. The third kappa shape index (κ3) is 53.7. The number of allylic oxidation sites excluding steroid dienone is 12. The number of hydrogen-bond donors (Lipinski definition) is 0. The van der Waals surface area contributed by atoms with Crippen LogP contribution in [0.15, 0.2) is 72.9 Å². The largest absolute Gasteiger partial charge is 0.462 e. The molecular formula is C61H106O6. The van der Waals surface area contributed by atoms with Crippen molar-refractivity contribution in [2.24, 2.45) is 0 Å². The van der Waals surface area contributed by atoms with Gasteiger partial charge in [-0.15, -0.1) is 0 Å². The number of carbonyl (C=O) groups is 3. The Morgan fingerprint density at radius 1 is 0.313 bits per heavy atom. The third-order valence-corrected chi connectivity index (χ3v) is 12.2. The molecule has 6 heteroatoms. The van der Waals surface area contributed by atoms with E-state index >= 15 is 0 Å². The molecule has 0 heterocycles. The molecule has 0 aliphatic rings. The van der Waals surface area contributed by atoms with Crippen molar-refractivity contribution in [3.05, 3.63) is 72.9 Å². The van der Waals surface area contributed by atoms with Crippen molar-refractivity contribution in [2.75, 3.05) is 13.2 Å². The number of rotatable bonds is 51. The van der Waals surface area contributed by atoms with E-state index in [0.29, 0.717) is 19.3 Å². The Labute approximate surface area is 414 Å². The first-order valence-corrected chi connectivity index (χ1v) is 28.4. The van der Waals surface area contributed by atoms with E-state index in [1.54, 1.807) is 0 Å². The molecule has 0 aromatic carbocycles. The summed E-state index contributed by atoms with van der Waals surface area (Å²) in [5, 5.41) is 0. The fourth-order valence-corrected chi connectivity index (χ4v) is 7.93. The summed E-state index contributed by atoms with van der Waals surface area (Å²) >= 11 is 0. The van der Waals surface area contributed by atoms with Crippen LogP contribution in [0.5, 0.6) is 0 Å². The topological polar surface area (TPSA) is 78.9 Å². The molecule has 1 unspecified atom stereocenters. The van der Waals surface area contributed by atoms with Gasteiger partial charge in [0.25, 0.3) is 0 Å². The van der Waals surface area contributed by atoms with Crippen LogP contribution in [0, 0.1) is 0 Å². The number of hydrogen-bond acceptors (Lipinski definition) is 6. The lowest BCUT2D eigenvalue weighted by molar-refractivity contribution is -0.167. The highest BCUT2D eigenvalue weighted by atomic mass is 16.6. The average Bonchev–Trinajstić information content (AvgIpc) is 3.33. The number of unbranched alkanes of at least 4 members (excludes halogenated alkanes) is 28. The van der Waals surface area contributed by atoms with Gasteiger partial charge < -0.3 is 14.2 Å². The van der Waals surface area contributed by atoms with Crippen LogP contribution in [-0.2, 0) is 28.6 Å². The zero-order valence-electron chi connectivity index (χ0n) is 44.2. The van der Waals surface area contributed by atoms with Crippen LogP contribution >= 0.6 is 0 Å². The first-order valence-electron chi connectivity index (χ1n) is 28.4. The maximum atomic E-state index is 12.8. The summed E-state index contributed by atoms with van der Waals surface area (Å²) in [6, 6.07) is 0. The number of ether oxygens (including phenoxy) is 3. The van der Waals surface area contributed by atoms with Crippen molar-refractivity contribution in [3.63, 3.8) is 0 Å². The van der Waals surface area contributed by atoms with E-state index < -0.39 is 6.10 Å². The summed E-state index contributed by atoms with van der Waals surface area (Å²) in [5.41, 5.74) is 0. The lowest BCUT2D eigenvalue weighted by atomic mass is 10.0. The standard InChI is InChI=1S/C61H106O6/c1-4-7-10-13-16-18-20-22-24-26-27-28-29-30-31-32-33-34-35-36-38-39-41-43-45-48-51-54-60(63)66-57-58(56-65-59(62)53-50-47-15-12-9-6-3)67-61(64)55-52-49-46-44-42-40-37-25-23-21-19-17-14-11-8-5-2/h7,10,16,18-19,21-22,24-25,27-28,37,58H,4-6,8-9,11-15,17,20,23,26,29-36,38-57H2,1-3H3/b10-7-,18-16-,21-19-,24-22-,28-27-,37-25-. The fraction of sp³-hybridized carbons (Fsp3) is 0.754. The predicted octanol–water partition coefficient (Wildman–Crippen LogP) is 19.0. The highest BCUT2D eigenvalue weighted by molar-refractivity contribution is 5.71. The van der Waals surface area contributed by atoms with E-state index in [9.17, 15) is 14.4 Å². The summed E-state index contributed by atoms with van der Waals surface area (Å²) in [6.45, 7) is 6.45. The zero-order valence-corrected chi connectivity index (χ0v) is 44.2. The Kier molecular flexibility index (Phi) is 52.8. The highest BCUT2D eigenvalue weighted by Gasteiger charge is 2.19.